The van der Waals surface area contributed by atoms with E-state index < -0.39 is 0 Å². The van der Waals surface area contributed by atoms with Crippen LogP contribution in [0.3, 0.4) is 0 Å². The smallest absolute Gasteiger partial charge is 0.407 e. The van der Waals surface area contributed by atoms with Crippen LogP contribution >= 0.6 is 0 Å². The number of benzene rings is 1. The minimum Gasteiger partial charge on any atom is -0.453 e. The SMILES string of the molecule is COC(=O)N[C@]12CC3CC(C1)[C@@H](N1C(=O)c4ccccc4C1=O)C(C3)C2. The molecule has 4 fully saturated rings. The summed E-state index contributed by atoms with van der Waals surface area (Å²) < 4.78 is 4.82. The normalized spacial score (nSPS) is 37.0. The van der Waals surface area contributed by atoms with E-state index in [4.69, 9.17) is 4.74 Å². The van der Waals surface area contributed by atoms with Crippen LogP contribution in [0.1, 0.15) is 52.8 Å². The zero-order valence-corrected chi connectivity index (χ0v) is 14.7. The van der Waals surface area contributed by atoms with Crippen LogP contribution in [0.4, 0.5) is 4.79 Å². The van der Waals surface area contributed by atoms with Gasteiger partial charge < -0.3 is 10.1 Å². The molecule has 6 rings (SSSR count). The fourth-order valence-corrected chi connectivity index (χ4v) is 6.32. The first-order valence-corrected chi connectivity index (χ1v) is 9.34. The fourth-order valence-electron chi connectivity index (χ4n) is 6.32. The lowest BCUT2D eigenvalue weighted by atomic mass is 9.50. The summed E-state index contributed by atoms with van der Waals surface area (Å²) in [6.45, 7) is 0. The van der Waals surface area contributed by atoms with E-state index in [1.165, 1.54) is 12.0 Å². The Morgan fingerprint density at radius 1 is 1.08 bits per heavy atom. The van der Waals surface area contributed by atoms with Crippen LogP contribution < -0.4 is 5.32 Å². The van der Waals surface area contributed by atoms with Crippen molar-refractivity contribution in [1.29, 1.82) is 0 Å². The first-order chi connectivity index (χ1) is 12.5. The van der Waals surface area contributed by atoms with E-state index in [1.54, 1.807) is 24.3 Å². The third kappa shape index (κ3) is 2.07. The molecule has 1 aromatic rings. The molecule has 5 aliphatic rings. The summed E-state index contributed by atoms with van der Waals surface area (Å²) in [4.78, 5) is 39.3. The highest BCUT2D eigenvalue weighted by molar-refractivity contribution is 6.21. The van der Waals surface area contributed by atoms with Gasteiger partial charge in [0.15, 0.2) is 0 Å². The Morgan fingerprint density at radius 2 is 1.65 bits per heavy atom. The van der Waals surface area contributed by atoms with Crippen molar-refractivity contribution in [3.63, 3.8) is 0 Å². The lowest BCUT2D eigenvalue weighted by Gasteiger charge is -2.61. The molecule has 2 unspecified atom stereocenters. The van der Waals surface area contributed by atoms with Gasteiger partial charge in [-0.2, -0.15) is 0 Å². The van der Waals surface area contributed by atoms with E-state index in [2.05, 4.69) is 5.32 Å². The molecule has 4 aliphatic carbocycles. The first kappa shape index (κ1) is 15.9. The quantitative estimate of drug-likeness (QED) is 0.829. The monoisotopic (exact) mass is 354 g/mol. The lowest BCUT2D eigenvalue weighted by molar-refractivity contribution is -0.0691. The predicted molar refractivity (Wildman–Crippen MR) is 92.6 cm³/mol. The number of ether oxygens (including phenoxy) is 1. The number of alkyl carbamates (subject to hydrolysis) is 1. The van der Waals surface area contributed by atoms with Gasteiger partial charge >= 0.3 is 6.09 Å². The topological polar surface area (TPSA) is 75.7 Å². The number of nitrogens with one attached hydrogen (secondary N) is 1. The number of methoxy groups -OCH3 is 1. The number of fused-ring (bicyclic) bond motifs is 1. The molecule has 2 atom stereocenters. The second-order valence-electron chi connectivity index (χ2n) is 8.38. The number of nitrogens with zero attached hydrogens (tertiary/aromatic N) is 1. The van der Waals surface area contributed by atoms with Crippen LogP contribution in [0.25, 0.3) is 0 Å². The maximum Gasteiger partial charge on any atom is 0.407 e. The second-order valence-corrected chi connectivity index (χ2v) is 8.38. The second kappa shape index (κ2) is 5.32. The maximum atomic E-state index is 12.9. The van der Waals surface area contributed by atoms with Crippen molar-refractivity contribution >= 4 is 17.9 Å². The number of rotatable bonds is 2. The molecule has 6 heteroatoms. The Kier molecular flexibility index (Phi) is 3.24. The largest absolute Gasteiger partial charge is 0.453 e. The Labute approximate surface area is 151 Å². The van der Waals surface area contributed by atoms with Crippen LogP contribution in [0.15, 0.2) is 24.3 Å². The number of carbonyl (C=O) groups excluding carboxylic acids is 3. The van der Waals surface area contributed by atoms with Gasteiger partial charge in [-0.3, -0.25) is 14.5 Å². The van der Waals surface area contributed by atoms with Crippen molar-refractivity contribution < 1.29 is 19.1 Å². The van der Waals surface area contributed by atoms with Crippen molar-refractivity contribution in [3.05, 3.63) is 35.4 Å². The summed E-state index contributed by atoms with van der Waals surface area (Å²) in [6.07, 6.45) is 4.27. The predicted octanol–water partition coefficient (Wildman–Crippen LogP) is 2.59. The first-order valence-electron chi connectivity index (χ1n) is 9.34. The molecule has 4 saturated carbocycles. The van der Waals surface area contributed by atoms with Crippen molar-refractivity contribution in [2.24, 2.45) is 17.8 Å². The summed E-state index contributed by atoms with van der Waals surface area (Å²) in [5.41, 5.74) is 0.807. The van der Waals surface area contributed by atoms with Gasteiger partial charge in [-0.05, 0) is 62.0 Å². The van der Waals surface area contributed by atoms with Crippen LogP contribution in [0.5, 0.6) is 0 Å². The molecule has 0 aromatic heterocycles. The molecule has 26 heavy (non-hydrogen) atoms. The number of hydrogen-bond donors (Lipinski definition) is 1. The Hall–Kier alpha value is -2.37. The molecule has 1 N–H and O–H groups in total. The van der Waals surface area contributed by atoms with E-state index in [9.17, 15) is 14.4 Å². The van der Waals surface area contributed by atoms with Crippen LogP contribution in [0.2, 0.25) is 0 Å². The van der Waals surface area contributed by atoms with Gasteiger partial charge in [0.05, 0.1) is 18.2 Å². The average Bonchev–Trinajstić information content (AvgIpc) is 2.86. The molecule has 4 bridgehead atoms. The van der Waals surface area contributed by atoms with Crippen LogP contribution in [0, 0.1) is 17.8 Å². The molecule has 3 amide bonds. The number of imide groups is 1. The van der Waals surface area contributed by atoms with E-state index in [1.807, 2.05) is 0 Å². The zero-order valence-electron chi connectivity index (χ0n) is 14.7. The molecular formula is C20H22N2O4. The summed E-state index contributed by atoms with van der Waals surface area (Å²) in [5, 5.41) is 3.08. The molecule has 136 valence electrons. The Bertz CT molecular complexity index is 769. The standard InChI is InChI=1S/C20H22N2O4/c1-26-19(25)21-20-8-11-6-12(9-20)16(13(7-11)10-20)22-17(23)14-4-2-3-5-15(14)18(22)24/h2-5,11-13,16H,6-10H2,1H3,(H,21,25)/t11?,12?,13?,16-,20-. The van der Waals surface area contributed by atoms with Gasteiger partial charge in [0.25, 0.3) is 11.8 Å². The number of carbonyl (C=O) groups is 3. The summed E-state index contributed by atoms with van der Waals surface area (Å²) in [7, 11) is 1.39. The third-order valence-electron chi connectivity index (χ3n) is 6.90. The van der Waals surface area contributed by atoms with Gasteiger partial charge in [-0.1, -0.05) is 12.1 Å². The van der Waals surface area contributed by atoms with Gasteiger partial charge in [0, 0.05) is 11.6 Å². The summed E-state index contributed by atoms with van der Waals surface area (Å²) in [5.74, 6) is 0.744. The molecule has 1 aromatic carbocycles. The third-order valence-corrected chi connectivity index (χ3v) is 6.90. The molecule has 1 aliphatic heterocycles. The van der Waals surface area contributed by atoms with E-state index >= 15 is 0 Å². The highest BCUT2D eigenvalue weighted by Gasteiger charge is 2.59. The van der Waals surface area contributed by atoms with Gasteiger partial charge in [0.2, 0.25) is 0 Å². The minimum atomic E-state index is -0.385. The van der Waals surface area contributed by atoms with E-state index in [-0.39, 0.29) is 41.3 Å². The number of hydrogen-bond acceptors (Lipinski definition) is 4. The highest BCUT2D eigenvalue weighted by Crippen LogP contribution is 2.57. The molecule has 1 heterocycles. The highest BCUT2D eigenvalue weighted by atomic mass is 16.5. The summed E-state index contributed by atoms with van der Waals surface area (Å²) in [6, 6.07) is 7.04. The molecule has 6 nitrogen and oxygen atoms in total. The van der Waals surface area contributed by atoms with Gasteiger partial charge in [0.1, 0.15) is 0 Å². The van der Waals surface area contributed by atoms with Crippen LogP contribution in [-0.4, -0.2) is 41.5 Å². The maximum absolute atomic E-state index is 12.9. The Morgan fingerprint density at radius 3 is 2.19 bits per heavy atom. The van der Waals surface area contributed by atoms with E-state index in [0.717, 1.165) is 32.1 Å². The van der Waals surface area contributed by atoms with Gasteiger partial charge in [-0.25, -0.2) is 4.79 Å². The number of amides is 3. The fraction of sp³-hybridized carbons (Fsp3) is 0.550. The van der Waals surface area contributed by atoms with Crippen molar-refractivity contribution in [3.8, 4) is 0 Å². The van der Waals surface area contributed by atoms with Crippen molar-refractivity contribution in [1.82, 2.24) is 10.2 Å². The Balaban J connectivity index is 1.46. The molecule has 0 saturated heterocycles. The lowest BCUT2D eigenvalue weighted by Crippen LogP contribution is -2.67. The van der Waals surface area contributed by atoms with Crippen molar-refractivity contribution in [2.45, 2.75) is 43.7 Å². The minimum absolute atomic E-state index is 0.0495. The zero-order chi connectivity index (χ0) is 18.1. The summed E-state index contributed by atoms with van der Waals surface area (Å²) >= 11 is 0. The molecular weight excluding hydrogens is 332 g/mol. The van der Waals surface area contributed by atoms with E-state index in [0.29, 0.717) is 17.0 Å². The molecule has 0 spiro atoms. The average molecular weight is 354 g/mol. The van der Waals surface area contributed by atoms with Gasteiger partial charge in [-0.15, -0.1) is 0 Å². The molecule has 0 radical (unpaired) electrons. The van der Waals surface area contributed by atoms with Crippen LogP contribution in [-0.2, 0) is 4.74 Å². The van der Waals surface area contributed by atoms with Crippen molar-refractivity contribution in [2.75, 3.05) is 7.11 Å².